The lowest BCUT2D eigenvalue weighted by atomic mass is 10.1. The quantitative estimate of drug-likeness (QED) is 0.777. The van der Waals surface area contributed by atoms with Crippen LogP contribution in [0, 0.1) is 0 Å². The third-order valence-electron chi connectivity index (χ3n) is 2.42. The van der Waals surface area contributed by atoms with E-state index in [0.29, 0.717) is 5.58 Å². The third kappa shape index (κ3) is 1.78. The van der Waals surface area contributed by atoms with Gasteiger partial charge in [-0.25, -0.2) is 4.79 Å². The van der Waals surface area contributed by atoms with Crippen LogP contribution < -0.4 is 10.5 Å². The lowest BCUT2D eigenvalue weighted by Crippen LogP contribution is -2.09. The van der Waals surface area contributed by atoms with Crippen LogP contribution in [0.15, 0.2) is 27.4 Å². The Morgan fingerprint density at radius 1 is 1.38 bits per heavy atom. The summed E-state index contributed by atoms with van der Waals surface area (Å²) >= 11 is 0. The van der Waals surface area contributed by atoms with Crippen LogP contribution in [0.4, 0.5) is 0 Å². The van der Waals surface area contributed by atoms with Gasteiger partial charge in [-0.2, -0.15) is 4.98 Å². The number of hydrogen-bond donors (Lipinski definition) is 0. The first kappa shape index (κ1) is 10.7. The topological polar surface area (TPSA) is 52.3 Å². The molecule has 84 valence electrons. The van der Waals surface area contributed by atoms with Crippen molar-refractivity contribution in [2.75, 3.05) is 7.11 Å². The average molecular weight is 219 g/mol. The van der Waals surface area contributed by atoms with E-state index < -0.39 is 5.76 Å². The maximum atomic E-state index is 11.3. The normalized spacial score (nSPS) is 11.0. The summed E-state index contributed by atoms with van der Waals surface area (Å²) in [6, 6.07) is 5.32. The highest BCUT2D eigenvalue weighted by atomic mass is 16.5. The molecule has 4 heteroatoms. The number of benzene rings is 1. The summed E-state index contributed by atoms with van der Waals surface area (Å²) in [6.07, 6.45) is 0. The molecule has 0 bridgehead atoms. The van der Waals surface area contributed by atoms with E-state index in [1.165, 1.54) is 0 Å². The summed E-state index contributed by atoms with van der Waals surface area (Å²) in [5, 5.41) is 0.828. The van der Waals surface area contributed by atoms with Crippen LogP contribution in [0.2, 0.25) is 0 Å². The number of nitrogens with zero attached hydrogens (tertiary/aromatic N) is 1. The van der Waals surface area contributed by atoms with Crippen molar-refractivity contribution in [3.05, 3.63) is 34.4 Å². The molecule has 0 radical (unpaired) electrons. The first-order valence-corrected chi connectivity index (χ1v) is 5.10. The summed E-state index contributed by atoms with van der Waals surface area (Å²) < 4.78 is 10.2. The first-order chi connectivity index (χ1) is 7.61. The summed E-state index contributed by atoms with van der Waals surface area (Å²) in [7, 11) is 1.60. The Hall–Kier alpha value is -1.84. The average Bonchev–Trinajstić information content (AvgIpc) is 2.27. The van der Waals surface area contributed by atoms with Crippen LogP contribution >= 0.6 is 0 Å². The maximum Gasteiger partial charge on any atom is 0.439 e. The zero-order chi connectivity index (χ0) is 11.7. The van der Waals surface area contributed by atoms with E-state index in [1.54, 1.807) is 19.2 Å². The van der Waals surface area contributed by atoms with Crippen molar-refractivity contribution < 1.29 is 9.15 Å². The van der Waals surface area contributed by atoms with Crippen molar-refractivity contribution in [1.29, 1.82) is 0 Å². The van der Waals surface area contributed by atoms with E-state index in [-0.39, 0.29) is 5.92 Å². The minimum absolute atomic E-state index is 0.165. The summed E-state index contributed by atoms with van der Waals surface area (Å²) in [5.41, 5.74) is 1.29. The molecular weight excluding hydrogens is 206 g/mol. The van der Waals surface area contributed by atoms with Crippen LogP contribution in [-0.2, 0) is 0 Å². The van der Waals surface area contributed by atoms with Gasteiger partial charge in [-0.1, -0.05) is 13.8 Å². The van der Waals surface area contributed by atoms with Crippen molar-refractivity contribution in [3.63, 3.8) is 0 Å². The number of methoxy groups -OCH3 is 1. The van der Waals surface area contributed by atoms with Gasteiger partial charge in [-0.05, 0) is 24.1 Å². The van der Waals surface area contributed by atoms with Gasteiger partial charge in [0.25, 0.3) is 0 Å². The predicted molar refractivity (Wildman–Crippen MR) is 60.9 cm³/mol. The van der Waals surface area contributed by atoms with E-state index in [9.17, 15) is 4.79 Å². The van der Waals surface area contributed by atoms with E-state index in [1.807, 2.05) is 19.9 Å². The molecule has 0 aliphatic carbocycles. The van der Waals surface area contributed by atoms with Crippen molar-refractivity contribution in [2.24, 2.45) is 0 Å². The molecule has 0 N–H and O–H groups in total. The molecule has 0 aliphatic heterocycles. The molecule has 4 nitrogen and oxygen atoms in total. The standard InChI is InChI=1S/C12H13NO3/c1-7(2)11-9-6-8(15-3)4-5-10(9)16-12(14)13-11/h4-7H,1-3H3. The number of aromatic nitrogens is 1. The van der Waals surface area contributed by atoms with Gasteiger partial charge in [0.2, 0.25) is 0 Å². The molecule has 1 aromatic carbocycles. The van der Waals surface area contributed by atoms with Gasteiger partial charge in [0.05, 0.1) is 12.8 Å². The van der Waals surface area contributed by atoms with Crippen molar-refractivity contribution in [3.8, 4) is 5.75 Å². The molecule has 0 aliphatic rings. The van der Waals surface area contributed by atoms with Crippen LogP contribution in [0.25, 0.3) is 11.0 Å². The first-order valence-electron chi connectivity index (χ1n) is 5.10. The summed E-state index contributed by atoms with van der Waals surface area (Å²) in [4.78, 5) is 15.2. The summed E-state index contributed by atoms with van der Waals surface area (Å²) in [6.45, 7) is 3.97. The molecule has 0 spiro atoms. The lowest BCUT2D eigenvalue weighted by molar-refractivity contribution is 0.414. The highest BCUT2D eigenvalue weighted by Gasteiger charge is 2.11. The van der Waals surface area contributed by atoms with Crippen molar-refractivity contribution in [1.82, 2.24) is 4.98 Å². The van der Waals surface area contributed by atoms with E-state index in [0.717, 1.165) is 16.8 Å². The second kappa shape index (κ2) is 3.96. The predicted octanol–water partition coefficient (Wildman–Crippen LogP) is 2.32. The maximum absolute atomic E-state index is 11.3. The van der Waals surface area contributed by atoms with Crippen LogP contribution in [-0.4, -0.2) is 12.1 Å². The molecule has 0 atom stereocenters. The summed E-state index contributed by atoms with van der Waals surface area (Å²) in [5.74, 6) is 0.338. The van der Waals surface area contributed by atoms with Gasteiger partial charge in [0, 0.05) is 5.39 Å². The highest BCUT2D eigenvalue weighted by Crippen LogP contribution is 2.25. The molecule has 0 saturated heterocycles. The van der Waals surface area contributed by atoms with Crippen LogP contribution in [0.5, 0.6) is 5.75 Å². The molecule has 1 heterocycles. The van der Waals surface area contributed by atoms with Crippen LogP contribution in [0.1, 0.15) is 25.5 Å². The molecular formula is C12H13NO3. The molecule has 0 fully saturated rings. The molecule has 2 aromatic rings. The molecule has 1 aromatic heterocycles. The Morgan fingerprint density at radius 3 is 2.75 bits per heavy atom. The van der Waals surface area contributed by atoms with Gasteiger partial charge < -0.3 is 9.15 Å². The fourth-order valence-corrected chi connectivity index (χ4v) is 1.64. The Kier molecular flexibility index (Phi) is 2.64. The molecule has 0 amide bonds. The smallest absolute Gasteiger partial charge is 0.439 e. The van der Waals surface area contributed by atoms with E-state index in [4.69, 9.17) is 9.15 Å². The Balaban J connectivity index is 2.80. The van der Waals surface area contributed by atoms with Crippen molar-refractivity contribution >= 4 is 11.0 Å². The van der Waals surface area contributed by atoms with Crippen molar-refractivity contribution in [2.45, 2.75) is 19.8 Å². The van der Waals surface area contributed by atoms with E-state index in [2.05, 4.69) is 4.98 Å². The second-order valence-electron chi connectivity index (χ2n) is 3.88. The van der Waals surface area contributed by atoms with Gasteiger partial charge >= 0.3 is 5.76 Å². The fraction of sp³-hybridized carbons (Fsp3) is 0.333. The molecule has 16 heavy (non-hydrogen) atoms. The lowest BCUT2D eigenvalue weighted by Gasteiger charge is -2.08. The number of rotatable bonds is 2. The molecule has 2 rings (SSSR count). The fourth-order valence-electron chi connectivity index (χ4n) is 1.64. The minimum atomic E-state index is -0.554. The Morgan fingerprint density at radius 2 is 2.12 bits per heavy atom. The Labute approximate surface area is 92.9 Å². The number of ether oxygens (including phenoxy) is 1. The highest BCUT2D eigenvalue weighted by molar-refractivity contribution is 5.80. The third-order valence-corrected chi connectivity index (χ3v) is 2.42. The zero-order valence-electron chi connectivity index (χ0n) is 9.48. The largest absolute Gasteiger partial charge is 0.497 e. The SMILES string of the molecule is COc1ccc2oc(=O)nc(C(C)C)c2c1. The van der Waals surface area contributed by atoms with Gasteiger partial charge in [0.1, 0.15) is 11.3 Å². The van der Waals surface area contributed by atoms with Crippen LogP contribution in [0.3, 0.4) is 0 Å². The van der Waals surface area contributed by atoms with E-state index >= 15 is 0 Å². The van der Waals surface area contributed by atoms with Gasteiger partial charge in [-0.3, -0.25) is 0 Å². The zero-order valence-corrected chi connectivity index (χ0v) is 9.48. The second-order valence-corrected chi connectivity index (χ2v) is 3.88. The van der Waals surface area contributed by atoms with Gasteiger partial charge in [-0.15, -0.1) is 0 Å². The number of hydrogen-bond acceptors (Lipinski definition) is 4. The molecule has 0 unspecified atom stereocenters. The monoisotopic (exact) mass is 219 g/mol. The molecule has 0 saturated carbocycles. The Bertz CT molecular complexity index is 572. The minimum Gasteiger partial charge on any atom is -0.497 e. The van der Waals surface area contributed by atoms with Gasteiger partial charge in [0.15, 0.2) is 0 Å². The number of fused-ring (bicyclic) bond motifs is 1.